The Labute approximate surface area is 166 Å². The predicted molar refractivity (Wildman–Crippen MR) is 107 cm³/mol. The molecule has 2 aromatic heterocycles. The van der Waals surface area contributed by atoms with Crippen LogP contribution < -0.4 is 5.32 Å². The molecule has 0 radical (unpaired) electrons. The van der Waals surface area contributed by atoms with Crippen molar-refractivity contribution in [2.24, 2.45) is 0 Å². The van der Waals surface area contributed by atoms with E-state index in [9.17, 15) is 4.79 Å². The summed E-state index contributed by atoms with van der Waals surface area (Å²) in [5, 5.41) is 7.67. The monoisotopic (exact) mass is 425 g/mol. The van der Waals surface area contributed by atoms with Crippen LogP contribution in [0.3, 0.4) is 0 Å². The van der Waals surface area contributed by atoms with Gasteiger partial charge >= 0.3 is 0 Å². The van der Waals surface area contributed by atoms with Gasteiger partial charge in [-0.2, -0.15) is 5.10 Å². The van der Waals surface area contributed by atoms with Crippen LogP contribution in [0.15, 0.2) is 63.8 Å². The third-order valence-corrected chi connectivity index (χ3v) is 5.17. The van der Waals surface area contributed by atoms with Gasteiger partial charge in [-0.25, -0.2) is 0 Å². The lowest BCUT2D eigenvalue weighted by molar-refractivity contribution is -0.117. The quantitative estimate of drug-likeness (QED) is 0.612. The molecule has 1 amide bonds. The fourth-order valence-corrected chi connectivity index (χ4v) is 3.78. The Bertz CT molecular complexity index is 959. The minimum Gasteiger partial charge on any atom is -0.450 e. The summed E-state index contributed by atoms with van der Waals surface area (Å²) in [5.74, 6) is 0.508. The fraction of sp³-hybridized carbons (Fsp3) is 0.238. The molecule has 1 aliphatic rings. The van der Waals surface area contributed by atoms with Gasteiger partial charge in [0.2, 0.25) is 5.91 Å². The van der Waals surface area contributed by atoms with E-state index in [-0.39, 0.29) is 11.9 Å². The van der Waals surface area contributed by atoms with E-state index < -0.39 is 0 Å². The van der Waals surface area contributed by atoms with Gasteiger partial charge in [-0.1, -0.05) is 30.3 Å². The molecule has 2 heterocycles. The highest BCUT2D eigenvalue weighted by Crippen LogP contribution is 2.30. The Morgan fingerprint density at radius 3 is 2.93 bits per heavy atom. The van der Waals surface area contributed by atoms with Crippen molar-refractivity contribution in [3.63, 3.8) is 0 Å². The Balaban J connectivity index is 1.45. The van der Waals surface area contributed by atoms with Gasteiger partial charge in [-0.15, -0.1) is 0 Å². The molecule has 0 saturated carbocycles. The van der Waals surface area contributed by atoms with E-state index in [0.29, 0.717) is 10.4 Å². The van der Waals surface area contributed by atoms with Crippen molar-refractivity contribution < 1.29 is 9.21 Å². The zero-order valence-corrected chi connectivity index (χ0v) is 16.4. The molecule has 1 aromatic carbocycles. The molecular formula is C21H20BrN3O2. The number of carbonyl (C=O) groups excluding carboxylic acids is 1. The number of fused-ring (bicyclic) bond motifs is 1. The minimum absolute atomic E-state index is 0.00115. The maximum absolute atomic E-state index is 12.3. The predicted octanol–water partition coefficient (Wildman–Crippen LogP) is 4.49. The van der Waals surface area contributed by atoms with Crippen LogP contribution in [-0.4, -0.2) is 15.7 Å². The van der Waals surface area contributed by atoms with Crippen LogP contribution in [-0.2, 0) is 17.8 Å². The van der Waals surface area contributed by atoms with Crippen LogP contribution in [0, 0.1) is 0 Å². The minimum atomic E-state index is -0.129. The molecule has 5 nitrogen and oxygen atoms in total. The third kappa shape index (κ3) is 4.22. The van der Waals surface area contributed by atoms with Crippen LogP contribution in [0.1, 0.15) is 41.5 Å². The molecule has 0 aliphatic heterocycles. The van der Waals surface area contributed by atoms with Crippen molar-refractivity contribution in [3.05, 3.63) is 82.0 Å². The number of carbonyl (C=O) groups is 1. The molecule has 0 spiro atoms. The first-order valence-electron chi connectivity index (χ1n) is 9.01. The maximum atomic E-state index is 12.3. The number of amides is 1. The van der Waals surface area contributed by atoms with Crippen LogP contribution >= 0.6 is 15.9 Å². The van der Waals surface area contributed by atoms with Gasteiger partial charge in [0, 0.05) is 17.3 Å². The molecule has 1 atom stereocenters. The first kappa shape index (κ1) is 17.8. The number of nitrogens with zero attached hydrogens (tertiary/aromatic N) is 2. The smallest absolute Gasteiger partial charge is 0.244 e. The van der Waals surface area contributed by atoms with Gasteiger partial charge in [0.1, 0.15) is 5.76 Å². The highest BCUT2D eigenvalue weighted by atomic mass is 79.9. The van der Waals surface area contributed by atoms with Gasteiger partial charge in [0.15, 0.2) is 4.67 Å². The number of aromatic nitrogens is 2. The normalized spacial score (nSPS) is 16.4. The molecule has 0 fully saturated rings. The van der Waals surface area contributed by atoms with Gasteiger partial charge in [0.25, 0.3) is 0 Å². The second kappa shape index (κ2) is 7.96. The van der Waals surface area contributed by atoms with E-state index >= 15 is 0 Å². The van der Waals surface area contributed by atoms with Gasteiger partial charge in [-0.3, -0.25) is 9.48 Å². The molecule has 0 saturated heterocycles. The van der Waals surface area contributed by atoms with Crippen molar-refractivity contribution in [3.8, 4) is 0 Å². The van der Waals surface area contributed by atoms with Crippen molar-refractivity contribution in [2.75, 3.05) is 0 Å². The molecule has 27 heavy (non-hydrogen) atoms. The van der Waals surface area contributed by atoms with E-state index in [1.54, 1.807) is 18.2 Å². The molecule has 1 N–H and O–H groups in total. The van der Waals surface area contributed by atoms with E-state index in [2.05, 4.69) is 43.2 Å². The number of halogens is 1. The molecule has 4 rings (SSSR count). The largest absolute Gasteiger partial charge is 0.450 e. The molecule has 1 aliphatic carbocycles. The van der Waals surface area contributed by atoms with Crippen LogP contribution in [0.2, 0.25) is 0 Å². The maximum Gasteiger partial charge on any atom is 0.244 e. The lowest BCUT2D eigenvalue weighted by atomic mass is 9.93. The third-order valence-electron chi connectivity index (χ3n) is 4.75. The topological polar surface area (TPSA) is 60.1 Å². The summed E-state index contributed by atoms with van der Waals surface area (Å²) in [6.45, 7) is 0.754. The highest BCUT2D eigenvalue weighted by molar-refractivity contribution is 9.10. The fourth-order valence-electron chi connectivity index (χ4n) is 3.46. The zero-order valence-electron chi connectivity index (χ0n) is 14.8. The number of rotatable bonds is 5. The summed E-state index contributed by atoms with van der Waals surface area (Å²) in [7, 11) is 0. The Morgan fingerprint density at radius 1 is 1.30 bits per heavy atom. The standard InChI is InChI=1S/C21H20BrN3O2/c22-20-11-9-16(27-20)10-12-21(26)24-18-7-4-8-19-17(18)13-23-25(19)14-15-5-2-1-3-6-15/h1-3,5-6,9-13,18H,4,7-8,14H2,(H,24,26)/b12-10+/t18-/m1/s1. The average Bonchev–Trinajstić information content (AvgIpc) is 3.28. The van der Waals surface area contributed by atoms with Crippen molar-refractivity contribution in [1.29, 1.82) is 0 Å². The van der Waals surface area contributed by atoms with E-state index in [1.807, 2.05) is 24.4 Å². The van der Waals surface area contributed by atoms with Crippen LogP contribution in [0.25, 0.3) is 6.08 Å². The molecule has 0 unspecified atom stereocenters. The average molecular weight is 426 g/mol. The molecular weight excluding hydrogens is 406 g/mol. The number of hydrogen-bond acceptors (Lipinski definition) is 3. The van der Waals surface area contributed by atoms with E-state index in [4.69, 9.17) is 4.42 Å². The summed E-state index contributed by atoms with van der Waals surface area (Å²) >= 11 is 3.25. The first-order chi connectivity index (χ1) is 13.2. The van der Waals surface area contributed by atoms with Crippen LogP contribution in [0.4, 0.5) is 0 Å². The van der Waals surface area contributed by atoms with Gasteiger partial charge in [-0.05, 0) is 59.0 Å². The second-order valence-corrected chi connectivity index (χ2v) is 7.40. The Kier molecular flexibility index (Phi) is 5.25. The SMILES string of the molecule is O=C(/C=C/c1ccc(Br)o1)N[C@@H]1CCCc2c1cnn2Cc1ccccc1. The first-order valence-corrected chi connectivity index (χ1v) is 9.81. The zero-order chi connectivity index (χ0) is 18.6. The van der Waals surface area contributed by atoms with Crippen molar-refractivity contribution >= 4 is 27.9 Å². The highest BCUT2D eigenvalue weighted by Gasteiger charge is 2.25. The Morgan fingerprint density at radius 2 is 2.15 bits per heavy atom. The van der Waals surface area contributed by atoms with E-state index in [1.165, 1.54) is 17.3 Å². The number of furan rings is 1. The van der Waals surface area contributed by atoms with E-state index in [0.717, 1.165) is 31.4 Å². The molecule has 3 aromatic rings. The second-order valence-electron chi connectivity index (χ2n) is 6.62. The van der Waals surface area contributed by atoms with Crippen molar-refractivity contribution in [1.82, 2.24) is 15.1 Å². The lowest BCUT2D eigenvalue weighted by Gasteiger charge is -2.23. The number of nitrogens with one attached hydrogen (secondary N) is 1. The summed E-state index contributed by atoms with van der Waals surface area (Å²) < 4.78 is 8.08. The number of benzene rings is 1. The summed E-state index contributed by atoms with van der Waals surface area (Å²) in [5.41, 5.74) is 3.57. The molecule has 138 valence electrons. The summed E-state index contributed by atoms with van der Waals surface area (Å²) in [6, 6.07) is 13.9. The van der Waals surface area contributed by atoms with Crippen molar-refractivity contribution in [2.45, 2.75) is 31.8 Å². The van der Waals surface area contributed by atoms with Gasteiger partial charge in [0.05, 0.1) is 18.8 Å². The summed E-state index contributed by atoms with van der Waals surface area (Å²) in [4.78, 5) is 12.3. The van der Waals surface area contributed by atoms with Crippen LogP contribution in [0.5, 0.6) is 0 Å². The lowest BCUT2D eigenvalue weighted by Crippen LogP contribution is -2.29. The number of hydrogen-bond donors (Lipinski definition) is 1. The Hall–Kier alpha value is -2.60. The molecule has 0 bridgehead atoms. The molecule has 6 heteroatoms. The van der Waals surface area contributed by atoms with Gasteiger partial charge < -0.3 is 9.73 Å². The summed E-state index contributed by atoms with van der Waals surface area (Å²) in [6.07, 6.45) is 8.03.